The third-order valence-electron chi connectivity index (χ3n) is 4.49. The molecule has 5 heteroatoms. The molecule has 126 valence electrons. The van der Waals surface area contributed by atoms with Crippen molar-refractivity contribution in [3.05, 3.63) is 71.4 Å². The lowest BCUT2D eigenvalue weighted by molar-refractivity contribution is -0.149. The molecule has 25 heavy (non-hydrogen) atoms. The van der Waals surface area contributed by atoms with Crippen LogP contribution in [0.15, 0.2) is 54.6 Å². The van der Waals surface area contributed by atoms with Crippen LogP contribution in [0.4, 0.5) is 0 Å². The molecule has 5 nitrogen and oxygen atoms in total. The van der Waals surface area contributed by atoms with Crippen molar-refractivity contribution in [2.45, 2.75) is 25.5 Å². The summed E-state index contributed by atoms with van der Waals surface area (Å²) < 4.78 is 5.41. The standard InChI is InChI=1S/C20H18N2O3/c23-19-11-17-15(14-8-4-5-9-16(14)21-17)10-18(22-19)20(24)25-12-13-6-2-1-3-7-13/h1-9,18,21H,10-12H2,(H,22,23). The van der Waals surface area contributed by atoms with Crippen molar-refractivity contribution in [2.75, 3.05) is 0 Å². The zero-order valence-corrected chi connectivity index (χ0v) is 13.6. The summed E-state index contributed by atoms with van der Waals surface area (Å²) in [5.41, 5.74) is 3.79. The normalized spacial score (nSPS) is 16.8. The van der Waals surface area contributed by atoms with Crippen LogP contribution >= 0.6 is 0 Å². The van der Waals surface area contributed by atoms with Crippen LogP contribution in [-0.4, -0.2) is 22.9 Å². The summed E-state index contributed by atoms with van der Waals surface area (Å²) >= 11 is 0. The van der Waals surface area contributed by atoms with E-state index in [1.807, 2.05) is 54.6 Å². The first-order chi connectivity index (χ1) is 12.2. The number of esters is 1. The van der Waals surface area contributed by atoms with Crippen molar-refractivity contribution < 1.29 is 14.3 Å². The fourth-order valence-electron chi connectivity index (χ4n) is 3.27. The predicted molar refractivity (Wildman–Crippen MR) is 93.9 cm³/mol. The number of rotatable bonds is 3. The van der Waals surface area contributed by atoms with E-state index in [9.17, 15) is 9.59 Å². The highest BCUT2D eigenvalue weighted by molar-refractivity contribution is 5.92. The van der Waals surface area contributed by atoms with Gasteiger partial charge in [0.15, 0.2) is 0 Å². The van der Waals surface area contributed by atoms with Gasteiger partial charge in [0.25, 0.3) is 0 Å². The Labute approximate surface area is 145 Å². The van der Waals surface area contributed by atoms with Gasteiger partial charge in [-0.3, -0.25) is 4.79 Å². The van der Waals surface area contributed by atoms with E-state index >= 15 is 0 Å². The largest absolute Gasteiger partial charge is 0.459 e. The first-order valence-corrected chi connectivity index (χ1v) is 8.29. The van der Waals surface area contributed by atoms with Gasteiger partial charge in [0.1, 0.15) is 12.6 Å². The highest BCUT2D eigenvalue weighted by Crippen LogP contribution is 2.26. The average molecular weight is 334 g/mol. The van der Waals surface area contributed by atoms with Gasteiger partial charge >= 0.3 is 5.97 Å². The minimum absolute atomic E-state index is 0.174. The molecule has 0 fully saturated rings. The van der Waals surface area contributed by atoms with Gasteiger partial charge in [-0.15, -0.1) is 0 Å². The molecule has 0 spiro atoms. The molecule has 1 unspecified atom stereocenters. The van der Waals surface area contributed by atoms with Crippen molar-refractivity contribution in [1.29, 1.82) is 0 Å². The van der Waals surface area contributed by atoms with Crippen LogP contribution in [0.25, 0.3) is 10.9 Å². The molecule has 2 heterocycles. The van der Waals surface area contributed by atoms with Crippen LogP contribution in [0.2, 0.25) is 0 Å². The molecule has 1 aliphatic heterocycles. The lowest BCUT2D eigenvalue weighted by atomic mass is 10.0. The van der Waals surface area contributed by atoms with E-state index in [1.54, 1.807) is 0 Å². The molecule has 0 bridgehead atoms. The Balaban J connectivity index is 1.56. The van der Waals surface area contributed by atoms with Gasteiger partial charge in [0, 0.05) is 23.0 Å². The molecular formula is C20H18N2O3. The van der Waals surface area contributed by atoms with Crippen LogP contribution < -0.4 is 5.32 Å². The van der Waals surface area contributed by atoms with Gasteiger partial charge in [-0.05, 0) is 17.2 Å². The first kappa shape index (κ1) is 15.4. The molecular weight excluding hydrogens is 316 g/mol. The van der Waals surface area contributed by atoms with E-state index < -0.39 is 12.0 Å². The average Bonchev–Trinajstić information content (AvgIpc) is 2.87. The third-order valence-corrected chi connectivity index (χ3v) is 4.49. The molecule has 4 rings (SSSR count). The van der Waals surface area contributed by atoms with Crippen molar-refractivity contribution in [3.63, 3.8) is 0 Å². The highest BCUT2D eigenvalue weighted by atomic mass is 16.5. The van der Waals surface area contributed by atoms with Crippen molar-refractivity contribution >= 4 is 22.8 Å². The summed E-state index contributed by atoms with van der Waals surface area (Å²) in [5, 5.41) is 3.83. The minimum atomic E-state index is -0.670. The third kappa shape index (κ3) is 3.13. The summed E-state index contributed by atoms with van der Waals surface area (Å²) in [6.07, 6.45) is 0.672. The van der Waals surface area contributed by atoms with E-state index in [4.69, 9.17) is 4.74 Å². The van der Waals surface area contributed by atoms with Gasteiger partial charge in [-0.1, -0.05) is 48.5 Å². The summed E-state index contributed by atoms with van der Waals surface area (Å²) in [7, 11) is 0. The maximum absolute atomic E-state index is 12.5. The van der Waals surface area contributed by atoms with E-state index in [0.29, 0.717) is 6.42 Å². The second-order valence-corrected chi connectivity index (χ2v) is 6.22. The molecule has 2 N–H and O–H groups in total. The number of carbonyl (C=O) groups is 2. The molecule has 0 saturated heterocycles. The van der Waals surface area contributed by atoms with Gasteiger partial charge < -0.3 is 15.0 Å². The lowest BCUT2D eigenvalue weighted by Crippen LogP contribution is -2.42. The summed E-state index contributed by atoms with van der Waals surface area (Å²) in [4.78, 5) is 28.0. The fourth-order valence-corrected chi connectivity index (χ4v) is 3.27. The molecule has 1 aromatic heterocycles. The Morgan fingerprint density at radius 2 is 1.84 bits per heavy atom. The number of hydrogen-bond acceptors (Lipinski definition) is 3. The molecule has 1 aliphatic rings. The molecule has 0 aliphatic carbocycles. The van der Waals surface area contributed by atoms with Gasteiger partial charge in [-0.25, -0.2) is 4.79 Å². The second-order valence-electron chi connectivity index (χ2n) is 6.22. The molecule has 1 atom stereocenters. The number of benzene rings is 2. The van der Waals surface area contributed by atoms with E-state index in [2.05, 4.69) is 10.3 Å². The smallest absolute Gasteiger partial charge is 0.329 e. The van der Waals surface area contributed by atoms with Gasteiger partial charge in [0.2, 0.25) is 5.91 Å². The summed E-state index contributed by atoms with van der Waals surface area (Å²) in [5.74, 6) is -0.581. The zero-order chi connectivity index (χ0) is 17.2. The fraction of sp³-hybridized carbons (Fsp3) is 0.200. The summed E-state index contributed by atoms with van der Waals surface area (Å²) in [6.45, 7) is 0.201. The van der Waals surface area contributed by atoms with Crippen molar-refractivity contribution in [1.82, 2.24) is 10.3 Å². The summed E-state index contributed by atoms with van der Waals surface area (Å²) in [6, 6.07) is 16.7. The number of carbonyl (C=O) groups excluding carboxylic acids is 2. The SMILES string of the molecule is O=C1Cc2[nH]c3ccccc3c2CC(C(=O)OCc2ccccc2)N1. The number of para-hydroxylation sites is 1. The number of aromatic amines is 1. The number of ether oxygens (including phenoxy) is 1. The zero-order valence-electron chi connectivity index (χ0n) is 13.6. The van der Waals surface area contributed by atoms with Crippen LogP contribution in [0, 0.1) is 0 Å². The molecule has 0 saturated carbocycles. The molecule has 0 radical (unpaired) electrons. The monoisotopic (exact) mass is 334 g/mol. The minimum Gasteiger partial charge on any atom is -0.459 e. The maximum atomic E-state index is 12.5. The van der Waals surface area contributed by atoms with E-state index in [0.717, 1.165) is 27.7 Å². The van der Waals surface area contributed by atoms with Crippen molar-refractivity contribution in [2.24, 2.45) is 0 Å². The van der Waals surface area contributed by atoms with E-state index in [-0.39, 0.29) is 18.9 Å². The van der Waals surface area contributed by atoms with Crippen LogP contribution in [0.1, 0.15) is 16.8 Å². The Hall–Kier alpha value is -3.08. The molecule has 3 aromatic rings. The second kappa shape index (κ2) is 6.43. The van der Waals surface area contributed by atoms with Crippen LogP contribution in [0.3, 0.4) is 0 Å². The number of fused-ring (bicyclic) bond motifs is 3. The molecule has 1 amide bonds. The maximum Gasteiger partial charge on any atom is 0.329 e. The van der Waals surface area contributed by atoms with Crippen molar-refractivity contribution in [3.8, 4) is 0 Å². The number of aromatic nitrogens is 1. The molecule has 2 aromatic carbocycles. The highest BCUT2D eigenvalue weighted by Gasteiger charge is 2.29. The number of hydrogen-bond donors (Lipinski definition) is 2. The number of amides is 1. The Morgan fingerprint density at radius 3 is 2.68 bits per heavy atom. The van der Waals surface area contributed by atoms with Gasteiger partial charge in [0.05, 0.1) is 6.42 Å². The Morgan fingerprint density at radius 1 is 1.08 bits per heavy atom. The van der Waals surface area contributed by atoms with E-state index in [1.165, 1.54) is 0 Å². The topological polar surface area (TPSA) is 71.2 Å². The quantitative estimate of drug-likeness (QED) is 0.723. The first-order valence-electron chi connectivity index (χ1n) is 8.29. The Kier molecular flexibility index (Phi) is 3.98. The predicted octanol–water partition coefficient (Wildman–Crippen LogP) is 2.49. The van der Waals surface area contributed by atoms with Crippen LogP contribution in [0.5, 0.6) is 0 Å². The van der Waals surface area contributed by atoms with Gasteiger partial charge in [-0.2, -0.15) is 0 Å². The Bertz CT molecular complexity index is 931. The van der Waals surface area contributed by atoms with Crippen LogP contribution in [-0.2, 0) is 33.8 Å². The lowest BCUT2D eigenvalue weighted by Gasteiger charge is -2.15. The number of nitrogens with one attached hydrogen (secondary N) is 2. The number of H-pyrrole nitrogens is 1.